The highest BCUT2D eigenvalue weighted by atomic mass is 35.5. The zero-order chi connectivity index (χ0) is 18.8. The lowest BCUT2D eigenvalue weighted by molar-refractivity contribution is -0.721. The molecule has 4 nitrogen and oxygen atoms in total. The summed E-state index contributed by atoms with van der Waals surface area (Å²) >= 11 is 7.70. The number of thioether (sulfide) groups is 1. The minimum Gasteiger partial charge on any atom is -0.207 e. The first-order valence-corrected chi connectivity index (χ1v) is 9.83. The van der Waals surface area contributed by atoms with Gasteiger partial charge in [-0.3, -0.25) is 0 Å². The lowest BCUT2D eigenvalue weighted by atomic mass is 10.2. The van der Waals surface area contributed by atoms with E-state index in [-0.39, 0.29) is 5.82 Å². The zero-order valence-corrected chi connectivity index (χ0v) is 16.2. The fourth-order valence-electron chi connectivity index (χ4n) is 2.90. The summed E-state index contributed by atoms with van der Waals surface area (Å²) in [5.74, 6) is 0.142. The quantitative estimate of drug-likeness (QED) is 0.367. The summed E-state index contributed by atoms with van der Waals surface area (Å²) in [6.07, 6.45) is 1.70. The van der Waals surface area contributed by atoms with E-state index in [0.29, 0.717) is 22.9 Å². The molecular formula is C20H17ClFN4S+. The van der Waals surface area contributed by atoms with Gasteiger partial charge in [-0.1, -0.05) is 57.6 Å². The van der Waals surface area contributed by atoms with Gasteiger partial charge in [0.25, 0.3) is 6.33 Å². The summed E-state index contributed by atoms with van der Waals surface area (Å²) in [4.78, 5) is 0.982. The molecular weight excluding hydrogens is 383 g/mol. The Morgan fingerprint density at radius 3 is 2.74 bits per heavy atom. The Labute approximate surface area is 165 Å². The maximum atomic E-state index is 14.1. The maximum Gasteiger partial charge on any atom is 0.343 e. The number of hydrogen-bond acceptors (Lipinski definition) is 3. The molecule has 4 aromatic rings. The molecule has 0 saturated carbocycles. The summed E-state index contributed by atoms with van der Waals surface area (Å²) in [6.45, 7) is 2.57. The van der Waals surface area contributed by atoms with Crippen LogP contribution in [0.15, 0.2) is 65.8 Å². The first kappa shape index (κ1) is 17.9. The van der Waals surface area contributed by atoms with Gasteiger partial charge in [-0.25, -0.2) is 4.39 Å². The predicted molar refractivity (Wildman–Crippen MR) is 104 cm³/mol. The van der Waals surface area contributed by atoms with E-state index < -0.39 is 0 Å². The highest BCUT2D eigenvalue weighted by Gasteiger charge is 2.20. The predicted octanol–water partition coefficient (Wildman–Crippen LogP) is 4.46. The summed E-state index contributed by atoms with van der Waals surface area (Å²) in [5.41, 5.74) is 3.40. The van der Waals surface area contributed by atoms with Crippen LogP contribution in [0.5, 0.6) is 0 Å². The van der Waals surface area contributed by atoms with Gasteiger partial charge in [-0.15, -0.1) is 16.4 Å². The van der Waals surface area contributed by atoms with Gasteiger partial charge in [-0.2, -0.15) is 0 Å². The van der Waals surface area contributed by atoms with E-state index in [1.54, 1.807) is 23.0 Å². The van der Waals surface area contributed by atoms with E-state index >= 15 is 0 Å². The lowest BCUT2D eigenvalue weighted by Gasteiger charge is -2.06. The number of benzene rings is 2. The van der Waals surface area contributed by atoms with Crippen molar-refractivity contribution in [2.45, 2.75) is 24.1 Å². The van der Waals surface area contributed by atoms with Crippen molar-refractivity contribution in [2.24, 2.45) is 0 Å². The van der Waals surface area contributed by atoms with Crippen LogP contribution in [0.4, 0.5) is 4.39 Å². The summed E-state index contributed by atoms with van der Waals surface area (Å²) in [7, 11) is 0. The second-order valence-corrected chi connectivity index (χ2v) is 7.61. The van der Waals surface area contributed by atoms with Crippen molar-refractivity contribution in [3.05, 3.63) is 88.6 Å². The molecule has 0 atom stereocenters. The van der Waals surface area contributed by atoms with Crippen molar-refractivity contribution in [1.82, 2.24) is 14.7 Å². The average molecular weight is 400 g/mol. The molecule has 0 unspecified atom stereocenters. The van der Waals surface area contributed by atoms with E-state index in [9.17, 15) is 4.39 Å². The topological polar surface area (TPSA) is 34.1 Å². The number of fused-ring (bicyclic) bond motifs is 1. The summed E-state index contributed by atoms with van der Waals surface area (Å²) < 4.78 is 17.8. The van der Waals surface area contributed by atoms with Gasteiger partial charge in [0.15, 0.2) is 0 Å². The second-order valence-electron chi connectivity index (χ2n) is 6.18. The molecule has 136 valence electrons. The van der Waals surface area contributed by atoms with Crippen LogP contribution in [0.2, 0.25) is 5.02 Å². The molecule has 2 aromatic heterocycles. The Balaban J connectivity index is 1.70. The second kappa shape index (κ2) is 7.66. The van der Waals surface area contributed by atoms with Crippen molar-refractivity contribution < 1.29 is 9.07 Å². The number of nitrogens with zero attached hydrogens (tertiary/aromatic N) is 4. The van der Waals surface area contributed by atoms with Gasteiger partial charge >= 0.3 is 5.65 Å². The smallest absolute Gasteiger partial charge is 0.207 e. The Morgan fingerprint density at radius 1 is 1.15 bits per heavy atom. The van der Waals surface area contributed by atoms with Crippen LogP contribution in [-0.2, 0) is 12.3 Å². The monoisotopic (exact) mass is 399 g/mol. The Bertz CT molecular complexity index is 1080. The van der Waals surface area contributed by atoms with Gasteiger partial charge in [0, 0.05) is 16.3 Å². The molecule has 4 rings (SSSR count). The van der Waals surface area contributed by atoms with Crippen molar-refractivity contribution in [2.75, 3.05) is 0 Å². The van der Waals surface area contributed by atoms with Crippen LogP contribution in [0.3, 0.4) is 0 Å². The molecule has 0 N–H and O–H groups in total. The normalized spacial score (nSPS) is 11.2. The van der Waals surface area contributed by atoms with Gasteiger partial charge in [0.05, 0.1) is 5.69 Å². The maximum absolute atomic E-state index is 14.1. The zero-order valence-electron chi connectivity index (χ0n) is 14.6. The number of aromatic nitrogens is 4. The van der Waals surface area contributed by atoms with Gasteiger partial charge in [0.2, 0.25) is 0 Å². The molecule has 0 aliphatic heterocycles. The third-order valence-corrected chi connectivity index (χ3v) is 5.60. The van der Waals surface area contributed by atoms with Crippen LogP contribution < -0.4 is 4.68 Å². The minimum absolute atomic E-state index is 0.289. The molecule has 2 heterocycles. The highest BCUT2D eigenvalue weighted by Crippen LogP contribution is 2.30. The average Bonchev–Trinajstić information content (AvgIpc) is 3.04. The van der Waals surface area contributed by atoms with E-state index in [4.69, 9.17) is 11.6 Å². The number of rotatable bonds is 5. The van der Waals surface area contributed by atoms with Crippen molar-refractivity contribution in [3.8, 4) is 0 Å². The van der Waals surface area contributed by atoms with E-state index in [1.165, 1.54) is 17.8 Å². The molecule has 0 spiro atoms. The molecule has 0 aliphatic carbocycles. The van der Waals surface area contributed by atoms with Crippen molar-refractivity contribution in [3.63, 3.8) is 0 Å². The van der Waals surface area contributed by atoms with Gasteiger partial charge in [-0.05, 0) is 35.8 Å². The minimum atomic E-state index is -0.289. The Kier molecular flexibility index (Phi) is 5.09. The third kappa shape index (κ3) is 3.82. The van der Waals surface area contributed by atoms with Crippen molar-refractivity contribution >= 4 is 29.0 Å². The fraction of sp³-hybridized carbons (Fsp3) is 0.150. The SMILES string of the molecule is Cc1cc(SCc2c(F)cccc2Cl)c2n(cn[n+]2Cc2ccccc2)n1. The van der Waals surface area contributed by atoms with Gasteiger partial charge < -0.3 is 0 Å². The lowest BCUT2D eigenvalue weighted by Crippen LogP contribution is -2.37. The standard InChI is InChI=1S/C20H17ClFN4S/c1-14-10-19(27-12-16-17(21)8-5-9-18(16)22)20-25(23-13-26(20)24-14)11-15-6-3-2-4-7-15/h2-10,13H,11-12H2,1H3/q+1. The Hall–Kier alpha value is -2.44. The number of aryl methyl sites for hydroxylation is 1. The molecule has 0 radical (unpaired) electrons. The first-order chi connectivity index (χ1) is 13.1. The van der Waals surface area contributed by atoms with E-state index in [2.05, 4.69) is 22.3 Å². The van der Waals surface area contributed by atoms with Crippen LogP contribution in [0.1, 0.15) is 16.8 Å². The molecule has 0 aliphatic rings. The molecule has 0 bridgehead atoms. The fourth-order valence-corrected chi connectivity index (χ4v) is 4.39. The molecule has 2 aromatic carbocycles. The molecule has 27 heavy (non-hydrogen) atoms. The largest absolute Gasteiger partial charge is 0.343 e. The van der Waals surface area contributed by atoms with Crippen LogP contribution in [0, 0.1) is 12.7 Å². The first-order valence-electron chi connectivity index (χ1n) is 8.46. The van der Waals surface area contributed by atoms with Crippen LogP contribution in [-0.4, -0.2) is 14.7 Å². The Morgan fingerprint density at radius 2 is 1.96 bits per heavy atom. The number of halogens is 2. The van der Waals surface area contributed by atoms with Gasteiger partial charge in [0.1, 0.15) is 17.3 Å². The van der Waals surface area contributed by atoms with E-state index in [0.717, 1.165) is 21.8 Å². The van der Waals surface area contributed by atoms with Crippen molar-refractivity contribution in [1.29, 1.82) is 0 Å². The molecule has 7 heteroatoms. The summed E-state index contributed by atoms with van der Waals surface area (Å²) in [5, 5.41) is 9.43. The van der Waals surface area contributed by atoms with Crippen LogP contribution >= 0.6 is 23.4 Å². The molecule has 0 amide bonds. The number of hydrogen-bond donors (Lipinski definition) is 0. The van der Waals surface area contributed by atoms with Crippen LogP contribution in [0.25, 0.3) is 5.65 Å². The molecule has 0 saturated heterocycles. The highest BCUT2D eigenvalue weighted by molar-refractivity contribution is 7.98. The van der Waals surface area contributed by atoms with E-state index in [1.807, 2.05) is 35.9 Å². The third-order valence-electron chi connectivity index (χ3n) is 4.20. The molecule has 0 fully saturated rings. The summed E-state index contributed by atoms with van der Waals surface area (Å²) in [6, 6.07) is 16.9.